The van der Waals surface area contributed by atoms with Crippen LogP contribution in [0.3, 0.4) is 0 Å². The van der Waals surface area contributed by atoms with Gasteiger partial charge in [0, 0.05) is 37.6 Å². The summed E-state index contributed by atoms with van der Waals surface area (Å²) in [6.07, 6.45) is 2.31. The lowest BCUT2D eigenvalue weighted by Crippen LogP contribution is -2.61. The molecule has 2 aliphatic heterocycles. The van der Waals surface area contributed by atoms with Gasteiger partial charge in [0.15, 0.2) is 0 Å². The number of aryl methyl sites for hydroxylation is 3. The summed E-state index contributed by atoms with van der Waals surface area (Å²) in [6, 6.07) is 74.8. The van der Waals surface area contributed by atoms with E-state index in [1.807, 2.05) is 11.3 Å². The molecule has 0 unspecified atom stereocenters. The van der Waals surface area contributed by atoms with Crippen molar-refractivity contribution in [2.75, 3.05) is 9.80 Å². The first-order chi connectivity index (χ1) is 38.1. The van der Waals surface area contributed by atoms with Crippen molar-refractivity contribution in [2.24, 2.45) is 0 Å². The highest BCUT2D eigenvalue weighted by atomic mass is 32.1. The quantitative estimate of drug-likeness (QED) is 0.116. The van der Waals surface area contributed by atoms with Gasteiger partial charge in [0.25, 0.3) is 6.71 Å². The molecule has 0 atom stereocenters. The molecule has 1 aliphatic carbocycles. The van der Waals surface area contributed by atoms with Crippen LogP contribution in [0.5, 0.6) is 0 Å². The maximum absolute atomic E-state index is 2.71. The molecule has 3 aliphatic rings. The highest BCUT2D eigenvalue weighted by Crippen LogP contribution is 2.54. The van der Waals surface area contributed by atoms with E-state index >= 15 is 0 Å². The number of thiophene rings is 1. The van der Waals surface area contributed by atoms with Gasteiger partial charge < -0.3 is 9.80 Å². The average Bonchev–Trinajstić information content (AvgIpc) is 3.33. The molecule has 10 aromatic rings. The van der Waals surface area contributed by atoms with E-state index in [-0.39, 0.29) is 28.4 Å². The van der Waals surface area contributed by atoms with Gasteiger partial charge in [-0.2, -0.15) is 0 Å². The van der Waals surface area contributed by atoms with Gasteiger partial charge in [0.2, 0.25) is 0 Å². The Balaban J connectivity index is 1.06. The Hall–Kier alpha value is -7.40. The molecule has 13 rings (SSSR count). The zero-order valence-electron chi connectivity index (χ0n) is 49.3. The van der Waals surface area contributed by atoms with Crippen LogP contribution in [0, 0.1) is 20.8 Å². The molecule has 0 amide bonds. The second-order valence-electron chi connectivity index (χ2n) is 27.0. The van der Waals surface area contributed by atoms with Gasteiger partial charge in [0.05, 0.1) is 16.8 Å². The molecule has 80 heavy (non-hydrogen) atoms. The summed E-state index contributed by atoms with van der Waals surface area (Å²) in [5.74, 6) is 0. The van der Waals surface area contributed by atoms with E-state index in [9.17, 15) is 0 Å². The summed E-state index contributed by atoms with van der Waals surface area (Å²) < 4.78 is 2.77. The van der Waals surface area contributed by atoms with Crippen molar-refractivity contribution in [3.8, 4) is 11.1 Å². The van der Waals surface area contributed by atoms with Gasteiger partial charge in [-0.1, -0.05) is 203 Å². The molecule has 0 bridgehead atoms. The van der Waals surface area contributed by atoms with Crippen molar-refractivity contribution in [3.05, 3.63) is 255 Å². The van der Waals surface area contributed by atoms with Crippen molar-refractivity contribution in [2.45, 2.75) is 130 Å². The Labute approximate surface area is 481 Å². The Morgan fingerprint density at radius 2 is 0.950 bits per heavy atom. The highest BCUT2D eigenvalue weighted by molar-refractivity contribution is 7.33. The molecule has 4 heteroatoms. The Bertz CT molecular complexity index is 3940. The van der Waals surface area contributed by atoms with Gasteiger partial charge in [-0.05, 0) is 199 Å². The van der Waals surface area contributed by atoms with Crippen molar-refractivity contribution < 1.29 is 0 Å². The fraction of sp³-hybridized carbons (Fsp3) is 0.263. The zero-order valence-corrected chi connectivity index (χ0v) is 50.1. The summed E-state index contributed by atoms with van der Waals surface area (Å²) in [5, 5.41) is 1.34. The van der Waals surface area contributed by atoms with Crippen LogP contribution >= 0.6 is 11.3 Å². The molecule has 9 aromatic carbocycles. The fourth-order valence-corrected chi connectivity index (χ4v) is 15.5. The summed E-state index contributed by atoms with van der Waals surface area (Å²) in [4.78, 5) is 5.36. The molecular formula is C76H75BN2S. The molecule has 3 heterocycles. The minimum absolute atomic E-state index is 0.000935. The summed E-state index contributed by atoms with van der Waals surface area (Å²) >= 11 is 2.01. The molecule has 0 radical (unpaired) electrons. The zero-order chi connectivity index (χ0) is 55.8. The first-order valence-corrected chi connectivity index (χ1v) is 30.0. The van der Waals surface area contributed by atoms with E-state index in [4.69, 9.17) is 0 Å². The van der Waals surface area contributed by atoms with Gasteiger partial charge in [0.1, 0.15) is 0 Å². The van der Waals surface area contributed by atoms with E-state index in [1.54, 1.807) is 0 Å². The third kappa shape index (κ3) is 8.17. The van der Waals surface area contributed by atoms with Crippen molar-refractivity contribution >= 4 is 78.0 Å². The third-order valence-corrected chi connectivity index (χ3v) is 19.8. The van der Waals surface area contributed by atoms with Crippen molar-refractivity contribution in [1.82, 2.24) is 0 Å². The van der Waals surface area contributed by atoms with Crippen LogP contribution in [0.15, 0.2) is 194 Å². The maximum atomic E-state index is 2.71. The highest BCUT2D eigenvalue weighted by Gasteiger charge is 2.48. The number of anilines is 6. The second-order valence-corrected chi connectivity index (χ2v) is 28.1. The first-order valence-electron chi connectivity index (χ1n) is 29.1. The van der Waals surface area contributed by atoms with E-state index in [1.165, 1.54) is 132 Å². The minimum atomic E-state index is -0.546. The van der Waals surface area contributed by atoms with Crippen LogP contribution in [-0.2, 0) is 27.1 Å². The number of fused-ring (bicyclic) bond motifs is 7. The van der Waals surface area contributed by atoms with Gasteiger partial charge in [-0.15, -0.1) is 11.3 Å². The maximum Gasteiger partial charge on any atom is 0.264 e. The van der Waals surface area contributed by atoms with Gasteiger partial charge in [-0.3, -0.25) is 0 Å². The van der Waals surface area contributed by atoms with Crippen molar-refractivity contribution in [1.29, 1.82) is 0 Å². The van der Waals surface area contributed by atoms with Crippen LogP contribution in [0.2, 0.25) is 0 Å². The van der Waals surface area contributed by atoms with Crippen LogP contribution in [0.4, 0.5) is 34.1 Å². The topological polar surface area (TPSA) is 6.48 Å². The van der Waals surface area contributed by atoms with E-state index in [0.717, 1.165) is 12.8 Å². The number of benzene rings is 9. The second kappa shape index (κ2) is 18.6. The molecule has 2 nitrogen and oxygen atoms in total. The number of rotatable bonds is 7. The first kappa shape index (κ1) is 52.0. The fourth-order valence-electron chi connectivity index (χ4n) is 14.2. The lowest BCUT2D eigenvalue weighted by atomic mass is 9.35. The molecule has 1 aromatic heterocycles. The molecule has 0 N–H and O–H groups in total. The summed E-state index contributed by atoms with van der Waals surface area (Å²) in [5.41, 5.74) is 26.8. The molecule has 0 spiro atoms. The Kier molecular flexibility index (Phi) is 12.1. The standard InChI is InChI=1S/C76H75BN2S/c1-48-40-65-68-66(41-48)79(69-49(2)42-52(43-50(69)3)51-24-23-31-58(44-51)76(54-25-17-14-18-26-54,55-27-19-15-20-28-55)56-29-21-16-22-30-56)64-47-62-61(74(10,11)38-39-75(62,12)13)46-63(64)77(68)71-70(60-45-57(73(7,8)9)34-37-67(60)80-71)78(65)59-35-32-53(33-36-59)72(4,5)6/h14-37,40-47H,38-39H2,1-13H3. The predicted molar refractivity (Wildman–Crippen MR) is 346 cm³/mol. The average molecular weight is 1060 g/mol. The largest absolute Gasteiger partial charge is 0.311 e. The summed E-state index contributed by atoms with van der Waals surface area (Å²) in [7, 11) is 0. The van der Waals surface area contributed by atoms with Crippen LogP contribution < -0.4 is 25.5 Å². The van der Waals surface area contributed by atoms with E-state index in [0.29, 0.717) is 0 Å². The normalized spacial score (nSPS) is 15.3. The molecular weight excluding hydrogens is 984 g/mol. The van der Waals surface area contributed by atoms with E-state index in [2.05, 4.69) is 294 Å². The Morgan fingerprint density at radius 1 is 0.438 bits per heavy atom. The molecule has 0 saturated carbocycles. The minimum Gasteiger partial charge on any atom is -0.311 e. The SMILES string of the molecule is Cc1cc2c3c(c1)N(c1ccc(C(C)(C)C)cc1)c1c(sc4ccc(C(C)(C)C)cc14)B3c1cc3c(cc1N2c1c(C)cc(-c2cccc(C(c4ccccc4)(c4ccccc4)c4ccccc4)c2)cc1C)C(C)(C)CCC3(C)C. The van der Waals surface area contributed by atoms with Gasteiger partial charge in [-0.25, -0.2) is 0 Å². The molecule has 0 fully saturated rings. The van der Waals surface area contributed by atoms with E-state index < -0.39 is 5.41 Å². The molecule has 398 valence electrons. The summed E-state index contributed by atoms with van der Waals surface area (Å²) in [6.45, 7) is 31.0. The van der Waals surface area contributed by atoms with Gasteiger partial charge >= 0.3 is 0 Å². The smallest absolute Gasteiger partial charge is 0.264 e. The van der Waals surface area contributed by atoms with Crippen LogP contribution in [0.25, 0.3) is 21.2 Å². The lowest BCUT2D eigenvalue weighted by Gasteiger charge is -2.47. The predicted octanol–water partition coefficient (Wildman–Crippen LogP) is 18.9. The number of nitrogens with zero attached hydrogens (tertiary/aromatic N) is 2. The third-order valence-electron chi connectivity index (χ3n) is 18.6. The number of hydrogen-bond acceptors (Lipinski definition) is 3. The monoisotopic (exact) mass is 1060 g/mol. The van der Waals surface area contributed by atoms with Crippen molar-refractivity contribution in [3.63, 3.8) is 0 Å². The lowest BCUT2D eigenvalue weighted by molar-refractivity contribution is 0.332. The van der Waals surface area contributed by atoms with Crippen LogP contribution in [0.1, 0.15) is 143 Å². The number of hydrogen-bond donors (Lipinski definition) is 0. The molecule has 0 saturated heterocycles. The Morgan fingerprint density at radius 3 is 1.50 bits per heavy atom. The van der Waals surface area contributed by atoms with Crippen LogP contribution in [-0.4, -0.2) is 6.71 Å².